The highest BCUT2D eigenvalue weighted by Crippen LogP contribution is 2.71. The van der Waals surface area contributed by atoms with E-state index >= 15 is 0 Å². The minimum Gasteiger partial charge on any atom is -0.462 e. The molecule has 0 spiro atoms. The standard InChI is InChI=1S/C50H80O22/c1-22-40(70-35-19-30(62-9)41(23(2)65-35)71-45-39(57)43(63-10)42(24(3)66-45)72-44-38(56)37(55)36(54)31(21-51)69-44)29(61-8)18-34(64-22)68-28-12-13-46(6)27(17-28)11-14-49(59)32(46)20-33(67-26(5)53)47(7)48(58,25(4)52)15-16-50(47,49)60/h11,22-24,28-45,51,54-60H,12-21H2,1-10H3. The molecule has 0 bridgehead atoms. The molecule has 8 N–H and O–H groups in total. The second-order valence-electron chi connectivity index (χ2n) is 22.1. The first-order valence-corrected chi connectivity index (χ1v) is 25.6. The molecular formula is C50H80O22. The van der Waals surface area contributed by atoms with E-state index in [4.69, 9.17) is 56.8 Å². The maximum atomic E-state index is 13.0. The van der Waals surface area contributed by atoms with Gasteiger partial charge in [0, 0.05) is 47.0 Å². The Morgan fingerprint density at radius 1 is 0.681 bits per heavy atom. The van der Waals surface area contributed by atoms with Crippen LogP contribution in [0.3, 0.4) is 0 Å². The lowest BCUT2D eigenvalue weighted by molar-refractivity contribution is -0.373. The summed E-state index contributed by atoms with van der Waals surface area (Å²) in [5.74, 6) is -1.71. The van der Waals surface area contributed by atoms with Crippen LogP contribution in [0, 0.1) is 16.7 Å². The molecule has 22 heteroatoms. The summed E-state index contributed by atoms with van der Waals surface area (Å²) in [6, 6.07) is 0. The van der Waals surface area contributed by atoms with Gasteiger partial charge in [0.15, 0.2) is 30.9 Å². The summed E-state index contributed by atoms with van der Waals surface area (Å²) in [6.45, 7) is 10.8. The molecule has 8 rings (SSSR count). The molecule has 412 valence electrons. The summed E-state index contributed by atoms with van der Waals surface area (Å²) < 4.78 is 73.5. The lowest BCUT2D eigenvalue weighted by Gasteiger charge is -2.67. The Hall–Kier alpha value is -1.88. The van der Waals surface area contributed by atoms with Crippen LogP contribution in [0.2, 0.25) is 0 Å². The first-order chi connectivity index (χ1) is 33.9. The fraction of sp³-hybridized carbons (Fsp3) is 0.920. The zero-order valence-electron chi connectivity index (χ0n) is 43.1. The van der Waals surface area contributed by atoms with E-state index in [9.17, 15) is 50.4 Å². The average molecular weight is 1030 g/mol. The molecule has 8 aliphatic rings. The largest absolute Gasteiger partial charge is 0.462 e. The molecule has 0 aromatic heterocycles. The van der Waals surface area contributed by atoms with E-state index in [1.807, 2.05) is 13.0 Å². The van der Waals surface area contributed by atoms with Crippen molar-refractivity contribution in [1.82, 2.24) is 0 Å². The van der Waals surface area contributed by atoms with Crippen molar-refractivity contribution in [3.63, 3.8) is 0 Å². The molecule has 26 atom stereocenters. The molecule has 0 radical (unpaired) electrons. The first-order valence-electron chi connectivity index (χ1n) is 25.6. The maximum Gasteiger partial charge on any atom is 0.302 e. The number of fused-ring (bicyclic) bond motifs is 5. The number of carbonyl (C=O) groups excluding carboxylic acids is 2. The zero-order valence-corrected chi connectivity index (χ0v) is 43.1. The van der Waals surface area contributed by atoms with Gasteiger partial charge >= 0.3 is 5.97 Å². The van der Waals surface area contributed by atoms with Gasteiger partial charge in [-0.2, -0.15) is 0 Å². The molecule has 4 aliphatic heterocycles. The fourth-order valence-electron chi connectivity index (χ4n) is 14.1. The molecule has 4 aliphatic carbocycles. The highest BCUT2D eigenvalue weighted by atomic mass is 16.8. The number of aliphatic hydroxyl groups is 8. The molecule has 3 saturated carbocycles. The molecule has 72 heavy (non-hydrogen) atoms. The van der Waals surface area contributed by atoms with Crippen LogP contribution in [0.5, 0.6) is 0 Å². The van der Waals surface area contributed by atoms with Crippen LogP contribution in [0.25, 0.3) is 0 Å². The van der Waals surface area contributed by atoms with Crippen LogP contribution in [0.4, 0.5) is 0 Å². The topological polar surface area (TPSA) is 307 Å². The predicted molar refractivity (Wildman–Crippen MR) is 245 cm³/mol. The van der Waals surface area contributed by atoms with Crippen molar-refractivity contribution in [2.75, 3.05) is 27.9 Å². The van der Waals surface area contributed by atoms with Crippen molar-refractivity contribution in [3.05, 3.63) is 11.6 Å². The summed E-state index contributed by atoms with van der Waals surface area (Å²) in [5.41, 5.74) is -6.88. The van der Waals surface area contributed by atoms with Gasteiger partial charge in [0.25, 0.3) is 0 Å². The molecule has 4 saturated heterocycles. The Bertz CT molecular complexity index is 1960. The number of aliphatic hydroxyl groups excluding tert-OH is 5. The highest BCUT2D eigenvalue weighted by molar-refractivity contribution is 5.87. The third-order valence-electron chi connectivity index (χ3n) is 18.4. The van der Waals surface area contributed by atoms with E-state index in [1.165, 1.54) is 28.1 Å². The van der Waals surface area contributed by atoms with Crippen molar-refractivity contribution in [2.45, 2.75) is 246 Å². The van der Waals surface area contributed by atoms with Crippen molar-refractivity contribution < 1.29 is 107 Å². The molecule has 4 heterocycles. The van der Waals surface area contributed by atoms with E-state index in [-0.39, 0.29) is 38.2 Å². The maximum absolute atomic E-state index is 13.0. The number of methoxy groups -OCH3 is 3. The number of rotatable bonds is 14. The minimum atomic E-state index is -2.01. The second-order valence-corrected chi connectivity index (χ2v) is 22.1. The van der Waals surface area contributed by atoms with E-state index in [2.05, 4.69) is 6.92 Å². The summed E-state index contributed by atoms with van der Waals surface area (Å²) in [4.78, 5) is 25.6. The van der Waals surface area contributed by atoms with Crippen LogP contribution in [-0.2, 0) is 66.4 Å². The van der Waals surface area contributed by atoms with Gasteiger partial charge in [-0.1, -0.05) is 18.6 Å². The van der Waals surface area contributed by atoms with Crippen molar-refractivity contribution in [3.8, 4) is 0 Å². The van der Waals surface area contributed by atoms with Gasteiger partial charge in [-0.25, -0.2) is 0 Å². The van der Waals surface area contributed by atoms with Gasteiger partial charge < -0.3 is 97.7 Å². The molecule has 26 unspecified atom stereocenters. The Morgan fingerprint density at radius 2 is 1.26 bits per heavy atom. The number of carbonyl (C=O) groups is 2. The van der Waals surface area contributed by atoms with E-state index in [1.54, 1.807) is 27.9 Å². The number of esters is 1. The SMILES string of the molecule is COC1CC(OC2CCC3(C)C(=CCC4(O)C3CC(OC(C)=O)C3(C)C(O)(C(C)=O)CCC43O)C2)OC(C)C1OC1CC(OC)C(OC2OC(C)C(OC3OC(CO)C(O)C(O)C3O)C(OC)C2O)C(C)O1. The summed E-state index contributed by atoms with van der Waals surface area (Å²) in [5, 5.41) is 89.5. The molecular weight excluding hydrogens is 953 g/mol. The predicted octanol–water partition coefficient (Wildman–Crippen LogP) is -0.198. The van der Waals surface area contributed by atoms with Crippen molar-refractivity contribution in [2.24, 2.45) is 16.7 Å². The van der Waals surface area contributed by atoms with Crippen molar-refractivity contribution in [1.29, 1.82) is 0 Å². The minimum absolute atomic E-state index is 0.0398. The molecule has 22 nitrogen and oxygen atoms in total. The van der Waals surface area contributed by atoms with Crippen LogP contribution in [-0.4, -0.2) is 220 Å². The molecule has 0 aromatic rings. The Kier molecular flexibility index (Phi) is 16.6. The lowest BCUT2D eigenvalue weighted by Crippen LogP contribution is -2.78. The van der Waals surface area contributed by atoms with Gasteiger partial charge in [0.05, 0.1) is 48.6 Å². The summed E-state index contributed by atoms with van der Waals surface area (Å²) >= 11 is 0. The smallest absolute Gasteiger partial charge is 0.302 e. The first kappa shape index (κ1) is 56.3. The van der Waals surface area contributed by atoms with Gasteiger partial charge in [-0.3, -0.25) is 9.59 Å². The van der Waals surface area contributed by atoms with E-state index in [0.717, 1.165) is 5.57 Å². The van der Waals surface area contributed by atoms with Gasteiger partial charge in [0.1, 0.15) is 77.8 Å². The molecule has 0 amide bonds. The van der Waals surface area contributed by atoms with Crippen LogP contribution in [0.15, 0.2) is 11.6 Å². The number of hydrogen-bond acceptors (Lipinski definition) is 22. The lowest BCUT2D eigenvalue weighted by atomic mass is 9.42. The normalized spacial score (nSPS) is 52.6. The second kappa shape index (κ2) is 21.2. The molecule has 7 fully saturated rings. The Balaban J connectivity index is 0.872. The van der Waals surface area contributed by atoms with Crippen LogP contribution < -0.4 is 0 Å². The summed E-state index contributed by atoms with van der Waals surface area (Å²) in [6.07, 6.45) is -15.1. The average Bonchev–Trinajstić information content (AvgIpc) is 3.57. The van der Waals surface area contributed by atoms with Crippen molar-refractivity contribution >= 4 is 11.8 Å². The van der Waals surface area contributed by atoms with Gasteiger partial charge in [0.2, 0.25) is 0 Å². The number of hydrogen-bond donors (Lipinski definition) is 8. The van der Waals surface area contributed by atoms with Crippen LogP contribution in [0.1, 0.15) is 106 Å². The van der Waals surface area contributed by atoms with Gasteiger partial charge in [-0.15, -0.1) is 0 Å². The number of ether oxygens (including phenoxy) is 12. The Morgan fingerprint density at radius 3 is 1.85 bits per heavy atom. The number of ketones is 1. The molecule has 0 aromatic carbocycles. The van der Waals surface area contributed by atoms with Gasteiger partial charge in [-0.05, 0) is 85.0 Å². The Labute approximate surface area is 420 Å². The fourth-order valence-corrected chi connectivity index (χ4v) is 14.1. The monoisotopic (exact) mass is 1030 g/mol. The third-order valence-corrected chi connectivity index (χ3v) is 18.4. The van der Waals surface area contributed by atoms with E-state index < -0.39 is 169 Å². The third kappa shape index (κ3) is 9.25. The number of Topliss-reactive ketones (excluding diaryl/α,β-unsaturated/α-hetero) is 1. The quantitative estimate of drug-likeness (QED) is 0.0826. The zero-order chi connectivity index (χ0) is 52.6. The van der Waals surface area contributed by atoms with Crippen LogP contribution >= 0.6 is 0 Å². The summed E-state index contributed by atoms with van der Waals surface area (Å²) in [7, 11) is 4.48. The highest BCUT2D eigenvalue weighted by Gasteiger charge is 2.81. The van der Waals surface area contributed by atoms with E-state index in [0.29, 0.717) is 25.7 Å².